The van der Waals surface area contributed by atoms with E-state index in [0.717, 1.165) is 11.1 Å². The summed E-state index contributed by atoms with van der Waals surface area (Å²) in [6.45, 7) is 2.30. The van der Waals surface area contributed by atoms with E-state index in [1.807, 2.05) is 37.3 Å². The Morgan fingerprint density at radius 1 is 0.972 bits per heavy atom. The van der Waals surface area contributed by atoms with Crippen LogP contribution in [-0.2, 0) is 11.4 Å². The minimum Gasteiger partial charge on any atom is -0.495 e. The number of carbonyl (C=O) groups excluding carboxylic acids is 1. The molecular formula is C27H24Cl2N2O5. The quantitative estimate of drug-likeness (QED) is 0.254. The standard InChI is InChI=1S/C27H24Cl2N2O5/c1-16-6-5-7-17(8-16)15-36-26-21(29)10-18(11-25(26)35-4)9-19(14-30)27(32)31-22-13-23(33-2)20(28)12-24(22)34-3/h5-13H,15H2,1-4H3,(H,31,32)/b19-9+. The Labute approximate surface area is 219 Å². The second kappa shape index (κ2) is 12.2. The summed E-state index contributed by atoms with van der Waals surface area (Å²) >= 11 is 12.6. The van der Waals surface area contributed by atoms with Gasteiger partial charge in [0.25, 0.3) is 5.91 Å². The summed E-state index contributed by atoms with van der Waals surface area (Å²) < 4.78 is 21.8. The predicted octanol–water partition coefficient (Wildman–Crippen LogP) is 6.45. The van der Waals surface area contributed by atoms with Crippen molar-refractivity contribution in [2.24, 2.45) is 0 Å². The Morgan fingerprint density at radius 2 is 1.69 bits per heavy atom. The van der Waals surface area contributed by atoms with Crippen LogP contribution in [0.3, 0.4) is 0 Å². The molecular weight excluding hydrogens is 503 g/mol. The molecule has 0 bridgehead atoms. The maximum absolute atomic E-state index is 12.9. The fraction of sp³-hybridized carbons (Fsp3) is 0.185. The van der Waals surface area contributed by atoms with Gasteiger partial charge in [0.1, 0.15) is 29.7 Å². The van der Waals surface area contributed by atoms with Gasteiger partial charge in [-0.1, -0.05) is 53.0 Å². The van der Waals surface area contributed by atoms with E-state index in [1.165, 1.54) is 39.5 Å². The maximum Gasteiger partial charge on any atom is 0.266 e. The van der Waals surface area contributed by atoms with Crippen molar-refractivity contribution in [1.29, 1.82) is 5.26 Å². The lowest BCUT2D eigenvalue weighted by Gasteiger charge is -2.14. The van der Waals surface area contributed by atoms with Gasteiger partial charge in [-0.05, 0) is 36.3 Å². The van der Waals surface area contributed by atoms with Crippen LogP contribution >= 0.6 is 23.2 Å². The largest absolute Gasteiger partial charge is 0.495 e. The van der Waals surface area contributed by atoms with Crippen LogP contribution in [0.1, 0.15) is 16.7 Å². The summed E-state index contributed by atoms with van der Waals surface area (Å²) in [5.41, 5.74) is 2.70. The molecule has 0 heterocycles. The number of ether oxygens (including phenoxy) is 4. The molecule has 0 atom stereocenters. The zero-order valence-electron chi connectivity index (χ0n) is 20.1. The third-order valence-electron chi connectivity index (χ3n) is 5.12. The third-order valence-corrected chi connectivity index (χ3v) is 5.69. The second-order valence-corrected chi connectivity index (χ2v) is 8.44. The van der Waals surface area contributed by atoms with E-state index in [1.54, 1.807) is 12.1 Å². The van der Waals surface area contributed by atoms with E-state index in [4.69, 9.17) is 42.1 Å². The second-order valence-electron chi connectivity index (χ2n) is 7.62. The first-order valence-electron chi connectivity index (χ1n) is 10.7. The number of amides is 1. The molecule has 0 spiro atoms. The number of nitrogens with one attached hydrogen (secondary N) is 1. The molecule has 9 heteroatoms. The summed E-state index contributed by atoms with van der Waals surface area (Å²) in [7, 11) is 4.37. The summed E-state index contributed by atoms with van der Waals surface area (Å²) in [5.74, 6) is 0.719. The average molecular weight is 527 g/mol. The minimum atomic E-state index is -0.657. The topological polar surface area (TPSA) is 89.8 Å². The molecule has 0 saturated heterocycles. The van der Waals surface area contributed by atoms with E-state index in [2.05, 4.69) is 5.32 Å². The van der Waals surface area contributed by atoms with Crippen LogP contribution in [0.4, 0.5) is 5.69 Å². The van der Waals surface area contributed by atoms with Gasteiger partial charge in [-0.15, -0.1) is 0 Å². The number of hydrogen-bond donors (Lipinski definition) is 1. The van der Waals surface area contributed by atoms with Crippen molar-refractivity contribution in [3.05, 3.63) is 80.8 Å². The highest BCUT2D eigenvalue weighted by molar-refractivity contribution is 6.33. The van der Waals surface area contributed by atoms with E-state index in [9.17, 15) is 10.1 Å². The van der Waals surface area contributed by atoms with E-state index < -0.39 is 5.91 Å². The van der Waals surface area contributed by atoms with Crippen LogP contribution in [0, 0.1) is 18.3 Å². The molecule has 186 valence electrons. The molecule has 0 unspecified atom stereocenters. The maximum atomic E-state index is 12.9. The summed E-state index contributed by atoms with van der Waals surface area (Å²) in [6, 6.07) is 16.1. The number of nitriles is 1. The number of benzene rings is 3. The first kappa shape index (κ1) is 26.7. The van der Waals surface area contributed by atoms with Crippen molar-refractivity contribution in [2.75, 3.05) is 26.6 Å². The summed E-state index contributed by atoms with van der Waals surface area (Å²) in [6.07, 6.45) is 1.40. The van der Waals surface area contributed by atoms with Gasteiger partial charge in [-0.3, -0.25) is 4.79 Å². The molecule has 0 fully saturated rings. The molecule has 1 N–H and O–H groups in total. The average Bonchev–Trinajstić information content (AvgIpc) is 2.86. The normalized spacial score (nSPS) is 10.9. The molecule has 0 saturated carbocycles. The Kier molecular flexibility index (Phi) is 9.07. The lowest BCUT2D eigenvalue weighted by atomic mass is 10.1. The van der Waals surface area contributed by atoms with Crippen LogP contribution in [0.15, 0.2) is 54.1 Å². The fourth-order valence-corrected chi connectivity index (χ4v) is 3.89. The number of carbonyl (C=O) groups is 1. The molecule has 3 aromatic carbocycles. The van der Waals surface area contributed by atoms with Gasteiger partial charge < -0.3 is 24.3 Å². The van der Waals surface area contributed by atoms with Crippen LogP contribution in [0.5, 0.6) is 23.0 Å². The lowest BCUT2D eigenvalue weighted by molar-refractivity contribution is -0.112. The summed E-state index contributed by atoms with van der Waals surface area (Å²) in [5, 5.41) is 12.9. The van der Waals surface area contributed by atoms with Crippen LogP contribution in [0.25, 0.3) is 6.08 Å². The number of aryl methyl sites for hydroxylation is 1. The third kappa shape index (κ3) is 6.42. The first-order valence-corrected chi connectivity index (χ1v) is 11.5. The number of halogens is 2. The zero-order valence-corrected chi connectivity index (χ0v) is 21.7. The highest BCUT2D eigenvalue weighted by atomic mass is 35.5. The van der Waals surface area contributed by atoms with Gasteiger partial charge in [0.15, 0.2) is 11.5 Å². The summed E-state index contributed by atoms with van der Waals surface area (Å²) in [4.78, 5) is 12.9. The van der Waals surface area contributed by atoms with Crippen molar-refractivity contribution in [3.63, 3.8) is 0 Å². The van der Waals surface area contributed by atoms with Gasteiger partial charge in [-0.25, -0.2) is 0 Å². The van der Waals surface area contributed by atoms with Crippen molar-refractivity contribution >= 4 is 40.9 Å². The zero-order chi connectivity index (χ0) is 26.2. The van der Waals surface area contributed by atoms with E-state index in [0.29, 0.717) is 45.9 Å². The van der Waals surface area contributed by atoms with Gasteiger partial charge in [0.2, 0.25) is 0 Å². The first-order chi connectivity index (χ1) is 17.3. The van der Waals surface area contributed by atoms with Crippen LogP contribution in [-0.4, -0.2) is 27.2 Å². The highest BCUT2D eigenvalue weighted by Gasteiger charge is 2.17. The van der Waals surface area contributed by atoms with Crippen molar-refractivity contribution < 1.29 is 23.7 Å². The Morgan fingerprint density at radius 3 is 2.33 bits per heavy atom. The van der Waals surface area contributed by atoms with Gasteiger partial charge in [0, 0.05) is 12.1 Å². The number of rotatable bonds is 9. The van der Waals surface area contributed by atoms with E-state index >= 15 is 0 Å². The molecule has 0 aliphatic heterocycles. The fourth-order valence-electron chi connectivity index (χ4n) is 3.38. The van der Waals surface area contributed by atoms with Gasteiger partial charge in [-0.2, -0.15) is 5.26 Å². The SMILES string of the molecule is COc1cc(NC(=O)/C(C#N)=C/c2cc(Cl)c(OCc3cccc(C)c3)c(OC)c2)c(OC)cc1Cl. The molecule has 1 amide bonds. The van der Waals surface area contributed by atoms with Crippen molar-refractivity contribution in [3.8, 4) is 29.1 Å². The lowest BCUT2D eigenvalue weighted by Crippen LogP contribution is -2.14. The number of methoxy groups -OCH3 is 3. The minimum absolute atomic E-state index is 0.169. The Bertz CT molecular complexity index is 1350. The monoisotopic (exact) mass is 526 g/mol. The molecule has 0 aromatic heterocycles. The van der Waals surface area contributed by atoms with Crippen molar-refractivity contribution in [1.82, 2.24) is 0 Å². The number of nitrogens with zero attached hydrogens (tertiary/aromatic N) is 1. The molecule has 36 heavy (non-hydrogen) atoms. The smallest absolute Gasteiger partial charge is 0.266 e. The number of hydrogen-bond acceptors (Lipinski definition) is 6. The highest BCUT2D eigenvalue weighted by Crippen LogP contribution is 2.38. The van der Waals surface area contributed by atoms with Crippen LogP contribution in [0.2, 0.25) is 10.0 Å². The Balaban J connectivity index is 1.86. The molecule has 7 nitrogen and oxygen atoms in total. The predicted molar refractivity (Wildman–Crippen MR) is 140 cm³/mol. The number of anilines is 1. The molecule has 3 aromatic rings. The van der Waals surface area contributed by atoms with Crippen molar-refractivity contribution in [2.45, 2.75) is 13.5 Å². The van der Waals surface area contributed by atoms with Gasteiger partial charge in [0.05, 0.1) is 37.1 Å². The Hall–Kier alpha value is -3.86. The molecule has 3 rings (SSSR count). The molecule has 0 radical (unpaired) electrons. The molecule has 0 aliphatic rings. The van der Waals surface area contributed by atoms with E-state index in [-0.39, 0.29) is 10.6 Å². The van der Waals surface area contributed by atoms with Crippen LogP contribution < -0.4 is 24.3 Å². The molecule has 0 aliphatic carbocycles. The van der Waals surface area contributed by atoms with Gasteiger partial charge >= 0.3 is 0 Å².